The van der Waals surface area contributed by atoms with Gasteiger partial charge in [-0.3, -0.25) is 4.98 Å². The van der Waals surface area contributed by atoms with Crippen LogP contribution in [0, 0.1) is 13.8 Å². The second kappa shape index (κ2) is 3.44. The molecular formula is C10H16N2O. The average molecular weight is 180 g/mol. The molecule has 0 amide bonds. The molecule has 1 aromatic rings. The van der Waals surface area contributed by atoms with E-state index in [0.717, 1.165) is 17.0 Å². The predicted octanol–water partition coefficient (Wildman–Crippen LogP) is 0.865. The van der Waals surface area contributed by atoms with Crippen molar-refractivity contribution < 1.29 is 5.11 Å². The Balaban J connectivity index is 3.16. The molecule has 0 bridgehead atoms. The van der Waals surface area contributed by atoms with Crippen molar-refractivity contribution in [3.63, 3.8) is 0 Å². The van der Waals surface area contributed by atoms with Crippen LogP contribution in [0.1, 0.15) is 23.9 Å². The molecular weight excluding hydrogens is 164 g/mol. The van der Waals surface area contributed by atoms with Gasteiger partial charge in [0.25, 0.3) is 0 Å². The highest BCUT2D eigenvalue weighted by molar-refractivity contribution is 5.28. The minimum Gasteiger partial charge on any atom is -0.394 e. The third kappa shape index (κ3) is 2.05. The molecule has 3 N–H and O–H groups in total. The monoisotopic (exact) mass is 180 g/mol. The van der Waals surface area contributed by atoms with Crippen molar-refractivity contribution in [2.45, 2.75) is 26.3 Å². The SMILES string of the molecule is Cc1ccc(C(C)(N)CO)c(C)n1. The summed E-state index contributed by atoms with van der Waals surface area (Å²) in [5.74, 6) is 0. The number of nitrogens with two attached hydrogens (primary N) is 1. The summed E-state index contributed by atoms with van der Waals surface area (Å²) < 4.78 is 0. The molecule has 3 nitrogen and oxygen atoms in total. The molecule has 0 saturated carbocycles. The van der Waals surface area contributed by atoms with E-state index < -0.39 is 5.54 Å². The molecule has 0 fully saturated rings. The summed E-state index contributed by atoms with van der Waals surface area (Å²) >= 11 is 0. The van der Waals surface area contributed by atoms with Crippen molar-refractivity contribution in [2.24, 2.45) is 5.73 Å². The van der Waals surface area contributed by atoms with Crippen LogP contribution in [0.5, 0.6) is 0 Å². The Kier molecular flexibility index (Phi) is 2.68. The van der Waals surface area contributed by atoms with Gasteiger partial charge in [-0.2, -0.15) is 0 Å². The zero-order chi connectivity index (χ0) is 10.1. The minimum absolute atomic E-state index is 0.0709. The van der Waals surface area contributed by atoms with Gasteiger partial charge >= 0.3 is 0 Å². The smallest absolute Gasteiger partial charge is 0.0651 e. The minimum atomic E-state index is -0.690. The molecule has 0 aromatic carbocycles. The lowest BCUT2D eigenvalue weighted by Crippen LogP contribution is -2.37. The van der Waals surface area contributed by atoms with Crippen LogP contribution in [0.25, 0.3) is 0 Å². The van der Waals surface area contributed by atoms with Crippen molar-refractivity contribution in [3.8, 4) is 0 Å². The van der Waals surface area contributed by atoms with Crippen molar-refractivity contribution in [2.75, 3.05) is 6.61 Å². The number of pyridine rings is 1. The first kappa shape index (κ1) is 10.2. The molecule has 13 heavy (non-hydrogen) atoms. The zero-order valence-corrected chi connectivity index (χ0v) is 8.33. The van der Waals surface area contributed by atoms with Crippen LogP contribution < -0.4 is 5.73 Å². The highest BCUT2D eigenvalue weighted by Crippen LogP contribution is 2.19. The van der Waals surface area contributed by atoms with Gasteiger partial charge < -0.3 is 10.8 Å². The normalized spacial score (nSPS) is 15.5. The van der Waals surface area contributed by atoms with Crippen LogP contribution in [0.4, 0.5) is 0 Å². The molecule has 0 aliphatic carbocycles. The van der Waals surface area contributed by atoms with Gasteiger partial charge in [0.2, 0.25) is 0 Å². The van der Waals surface area contributed by atoms with E-state index in [2.05, 4.69) is 4.98 Å². The fraction of sp³-hybridized carbons (Fsp3) is 0.500. The van der Waals surface area contributed by atoms with Crippen molar-refractivity contribution >= 4 is 0 Å². The topological polar surface area (TPSA) is 59.1 Å². The van der Waals surface area contributed by atoms with Crippen molar-refractivity contribution in [3.05, 3.63) is 29.1 Å². The second-order valence-electron chi connectivity index (χ2n) is 3.66. The van der Waals surface area contributed by atoms with E-state index in [4.69, 9.17) is 10.8 Å². The number of aromatic nitrogens is 1. The number of nitrogens with zero attached hydrogens (tertiary/aromatic N) is 1. The maximum atomic E-state index is 9.09. The predicted molar refractivity (Wildman–Crippen MR) is 52.3 cm³/mol. The molecule has 72 valence electrons. The molecule has 1 heterocycles. The lowest BCUT2D eigenvalue weighted by atomic mass is 9.93. The maximum absolute atomic E-state index is 9.09. The first-order chi connectivity index (χ1) is 5.97. The van der Waals surface area contributed by atoms with Gasteiger partial charge in [-0.25, -0.2) is 0 Å². The Morgan fingerprint density at radius 2 is 2.08 bits per heavy atom. The fourth-order valence-electron chi connectivity index (χ4n) is 1.38. The molecule has 1 rings (SSSR count). The van der Waals surface area contributed by atoms with Gasteiger partial charge in [-0.05, 0) is 32.4 Å². The molecule has 1 aromatic heterocycles. The lowest BCUT2D eigenvalue weighted by Gasteiger charge is -2.23. The summed E-state index contributed by atoms with van der Waals surface area (Å²) in [5, 5.41) is 9.09. The second-order valence-corrected chi connectivity index (χ2v) is 3.66. The molecule has 0 spiro atoms. The number of aliphatic hydroxyl groups is 1. The Hall–Kier alpha value is -0.930. The van der Waals surface area contributed by atoms with Gasteiger partial charge in [-0.1, -0.05) is 6.07 Å². The van der Waals surface area contributed by atoms with Crippen molar-refractivity contribution in [1.82, 2.24) is 4.98 Å². The Morgan fingerprint density at radius 1 is 1.46 bits per heavy atom. The van der Waals surface area contributed by atoms with E-state index in [1.165, 1.54) is 0 Å². The highest BCUT2D eigenvalue weighted by Gasteiger charge is 2.22. The fourth-order valence-corrected chi connectivity index (χ4v) is 1.38. The molecule has 1 unspecified atom stereocenters. The van der Waals surface area contributed by atoms with Gasteiger partial charge in [0.15, 0.2) is 0 Å². The molecule has 0 aliphatic heterocycles. The van der Waals surface area contributed by atoms with Crippen LogP contribution in [-0.2, 0) is 5.54 Å². The number of rotatable bonds is 2. The van der Waals surface area contributed by atoms with Crippen LogP contribution in [0.15, 0.2) is 12.1 Å². The number of aliphatic hydroxyl groups excluding tert-OH is 1. The molecule has 0 saturated heterocycles. The molecule has 3 heteroatoms. The summed E-state index contributed by atoms with van der Waals surface area (Å²) in [7, 11) is 0. The molecule has 1 atom stereocenters. The molecule has 0 aliphatic rings. The van der Waals surface area contributed by atoms with E-state index in [0.29, 0.717) is 0 Å². The van der Waals surface area contributed by atoms with E-state index in [-0.39, 0.29) is 6.61 Å². The average Bonchev–Trinajstić information content (AvgIpc) is 2.03. The van der Waals surface area contributed by atoms with Crippen LogP contribution in [0.3, 0.4) is 0 Å². The Bertz CT molecular complexity index is 308. The number of aryl methyl sites for hydroxylation is 2. The number of hydrogen-bond acceptors (Lipinski definition) is 3. The van der Waals surface area contributed by atoms with Gasteiger partial charge in [0, 0.05) is 11.4 Å². The quantitative estimate of drug-likeness (QED) is 0.709. The summed E-state index contributed by atoms with van der Waals surface area (Å²) in [6, 6.07) is 3.83. The molecule has 0 radical (unpaired) electrons. The van der Waals surface area contributed by atoms with Crippen LogP contribution >= 0.6 is 0 Å². The van der Waals surface area contributed by atoms with E-state index in [1.54, 1.807) is 6.92 Å². The Morgan fingerprint density at radius 3 is 2.54 bits per heavy atom. The summed E-state index contributed by atoms with van der Waals surface area (Å²) in [6.07, 6.45) is 0. The summed E-state index contributed by atoms with van der Waals surface area (Å²) in [6.45, 7) is 5.57. The van der Waals surface area contributed by atoms with Crippen LogP contribution in [-0.4, -0.2) is 16.7 Å². The summed E-state index contributed by atoms with van der Waals surface area (Å²) in [5.41, 5.74) is 7.97. The highest BCUT2D eigenvalue weighted by atomic mass is 16.3. The standard InChI is InChI=1S/C10H16N2O/c1-7-4-5-9(8(2)12-7)10(3,11)6-13/h4-5,13H,6,11H2,1-3H3. The van der Waals surface area contributed by atoms with Crippen molar-refractivity contribution in [1.29, 1.82) is 0 Å². The lowest BCUT2D eigenvalue weighted by molar-refractivity contribution is 0.209. The van der Waals surface area contributed by atoms with Gasteiger partial charge in [0.1, 0.15) is 0 Å². The van der Waals surface area contributed by atoms with E-state index in [9.17, 15) is 0 Å². The Labute approximate surface area is 78.6 Å². The van der Waals surface area contributed by atoms with Gasteiger partial charge in [-0.15, -0.1) is 0 Å². The third-order valence-corrected chi connectivity index (χ3v) is 2.17. The van der Waals surface area contributed by atoms with E-state index >= 15 is 0 Å². The number of hydrogen-bond donors (Lipinski definition) is 2. The zero-order valence-electron chi connectivity index (χ0n) is 8.33. The van der Waals surface area contributed by atoms with E-state index in [1.807, 2.05) is 26.0 Å². The third-order valence-electron chi connectivity index (χ3n) is 2.17. The summed E-state index contributed by atoms with van der Waals surface area (Å²) in [4.78, 5) is 4.30. The maximum Gasteiger partial charge on any atom is 0.0651 e. The van der Waals surface area contributed by atoms with Crippen LogP contribution in [0.2, 0.25) is 0 Å². The first-order valence-corrected chi connectivity index (χ1v) is 4.32. The first-order valence-electron chi connectivity index (χ1n) is 4.32. The van der Waals surface area contributed by atoms with Gasteiger partial charge in [0.05, 0.1) is 12.1 Å². The largest absolute Gasteiger partial charge is 0.394 e.